The Kier molecular flexibility index (Phi) is 4.36. The molecule has 0 bridgehead atoms. The lowest BCUT2D eigenvalue weighted by atomic mass is 10.2. The second-order valence-electron chi connectivity index (χ2n) is 4.09. The minimum absolute atomic E-state index is 0.0420. The summed E-state index contributed by atoms with van der Waals surface area (Å²) >= 11 is 5.97. The Morgan fingerprint density at radius 3 is 2.43 bits per heavy atom. The zero-order valence-electron chi connectivity index (χ0n) is 11.0. The summed E-state index contributed by atoms with van der Waals surface area (Å²) in [6.45, 7) is 0. The molecule has 0 aliphatic rings. The highest BCUT2D eigenvalue weighted by Gasteiger charge is 2.16. The molecule has 0 heterocycles. The van der Waals surface area contributed by atoms with E-state index in [4.69, 9.17) is 21.6 Å². The van der Waals surface area contributed by atoms with E-state index < -0.39 is 10.0 Å². The van der Waals surface area contributed by atoms with Gasteiger partial charge in [-0.15, -0.1) is 0 Å². The van der Waals surface area contributed by atoms with Gasteiger partial charge in [0, 0.05) is 6.07 Å². The molecule has 0 radical (unpaired) electrons. The smallest absolute Gasteiger partial charge is 0.261 e. The van der Waals surface area contributed by atoms with Crippen LogP contribution in [-0.2, 0) is 10.0 Å². The SMILES string of the molecule is COc1ccc(Cl)c(NS(=O)(=O)c2ccc(C#N)cc2)c1. The number of rotatable bonds is 4. The van der Waals surface area contributed by atoms with Crippen molar-refractivity contribution < 1.29 is 13.2 Å². The molecule has 108 valence electrons. The van der Waals surface area contributed by atoms with Crippen LogP contribution in [0.4, 0.5) is 5.69 Å². The van der Waals surface area contributed by atoms with Gasteiger partial charge in [-0.1, -0.05) is 11.6 Å². The Labute approximate surface area is 127 Å². The van der Waals surface area contributed by atoms with Crippen LogP contribution >= 0.6 is 11.6 Å². The number of halogens is 1. The van der Waals surface area contributed by atoms with Crippen molar-refractivity contribution in [3.05, 3.63) is 53.1 Å². The first-order chi connectivity index (χ1) is 9.96. The van der Waals surface area contributed by atoms with E-state index in [1.807, 2.05) is 6.07 Å². The zero-order chi connectivity index (χ0) is 15.5. The second kappa shape index (κ2) is 6.04. The monoisotopic (exact) mass is 322 g/mol. The van der Waals surface area contributed by atoms with Gasteiger partial charge in [0.2, 0.25) is 0 Å². The molecule has 5 nitrogen and oxygen atoms in total. The van der Waals surface area contributed by atoms with Crippen molar-refractivity contribution in [3.63, 3.8) is 0 Å². The highest BCUT2D eigenvalue weighted by Crippen LogP contribution is 2.28. The number of methoxy groups -OCH3 is 1. The topological polar surface area (TPSA) is 79.2 Å². The molecule has 0 unspecified atom stereocenters. The van der Waals surface area contributed by atoms with Crippen LogP contribution in [-0.4, -0.2) is 15.5 Å². The van der Waals surface area contributed by atoms with Crippen LogP contribution < -0.4 is 9.46 Å². The first-order valence-electron chi connectivity index (χ1n) is 5.83. The van der Waals surface area contributed by atoms with Gasteiger partial charge in [0.25, 0.3) is 10.0 Å². The van der Waals surface area contributed by atoms with Gasteiger partial charge >= 0.3 is 0 Å². The van der Waals surface area contributed by atoms with Crippen LogP contribution in [0.2, 0.25) is 5.02 Å². The molecule has 0 aliphatic heterocycles. The standard InChI is InChI=1S/C14H11ClN2O3S/c1-20-11-4-7-13(15)14(8-11)17-21(18,19)12-5-2-10(9-16)3-6-12/h2-8,17H,1H3. The van der Waals surface area contributed by atoms with Gasteiger partial charge in [-0.3, -0.25) is 4.72 Å². The molecule has 2 aromatic carbocycles. The highest BCUT2D eigenvalue weighted by molar-refractivity contribution is 7.92. The Balaban J connectivity index is 2.35. The largest absolute Gasteiger partial charge is 0.497 e. The lowest BCUT2D eigenvalue weighted by Crippen LogP contribution is -2.13. The number of ether oxygens (including phenoxy) is 1. The number of hydrogen-bond donors (Lipinski definition) is 1. The predicted octanol–water partition coefficient (Wildman–Crippen LogP) is 3.02. The predicted molar refractivity (Wildman–Crippen MR) is 80.0 cm³/mol. The lowest BCUT2D eigenvalue weighted by molar-refractivity contribution is 0.415. The summed E-state index contributed by atoms with van der Waals surface area (Å²) in [5, 5.41) is 8.97. The van der Waals surface area contributed by atoms with Crippen molar-refractivity contribution in [2.75, 3.05) is 11.8 Å². The fourth-order valence-corrected chi connectivity index (χ4v) is 2.91. The zero-order valence-corrected chi connectivity index (χ0v) is 12.6. The van der Waals surface area contributed by atoms with Crippen LogP contribution in [0.5, 0.6) is 5.75 Å². The molecule has 7 heteroatoms. The second-order valence-corrected chi connectivity index (χ2v) is 6.18. The molecule has 0 fully saturated rings. The van der Waals surface area contributed by atoms with Crippen molar-refractivity contribution in [2.45, 2.75) is 4.90 Å². The van der Waals surface area contributed by atoms with Gasteiger partial charge in [0.1, 0.15) is 5.75 Å². The maximum absolute atomic E-state index is 12.3. The first-order valence-corrected chi connectivity index (χ1v) is 7.69. The average molecular weight is 323 g/mol. The van der Waals surface area contributed by atoms with E-state index in [0.717, 1.165) is 0 Å². The molecule has 0 saturated carbocycles. The quantitative estimate of drug-likeness (QED) is 0.938. The summed E-state index contributed by atoms with van der Waals surface area (Å²) in [4.78, 5) is 0.0420. The summed E-state index contributed by atoms with van der Waals surface area (Å²) in [5.74, 6) is 0.483. The third-order valence-electron chi connectivity index (χ3n) is 2.71. The summed E-state index contributed by atoms with van der Waals surface area (Å²) in [7, 11) is -2.31. The van der Waals surface area contributed by atoms with E-state index in [1.54, 1.807) is 6.07 Å². The number of benzene rings is 2. The average Bonchev–Trinajstić information content (AvgIpc) is 2.49. The number of nitriles is 1. The van der Waals surface area contributed by atoms with Crippen molar-refractivity contribution >= 4 is 27.3 Å². The van der Waals surface area contributed by atoms with E-state index in [9.17, 15) is 8.42 Å². The fraction of sp³-hybridized carbons (Fsp3) is 0.0714. The molecule has 2 aromatic rings. The minimum Gasteiger partial charge on any atom is -0.497 e. The number of nitrogens with zero attached hydrogens (tertiary/aromatic N) is 1. The van der Waals surface area contributed by atoms with E-state index in [-0.39, 0.29) is 15.6 Å². The van der Waals surface area contributed by atoms with E-state index >= 15 is 0 Å². The van der Waals surface area contributed by atoms with Crippen LogP contribution in [0.15, 0.2) is 47.4 Å². The van der Waals surface area contributed by atoms with Gasteiger partial charge < -0.3 is 4.74 Å². The summed E-state index contributed by atoms with van der Waals surface area (Å²) in [6.07, 6.45) is 0. The van der Waals surface area contributed by atoms with E-state index in [2.05, 4.69) is 4.72 Å². The molecule has 0 atom stereocenters. The molecule has 0 aliphatic carbocycles. The minimum atomic E-state index is -3.79. The van der Waals surface area contributed by atoms with Crippen molar-refractivity contribution in [1.29, 1.82) is 5.26 Å². The van der Waals surface area contributed by atoms with Gasteiger partial charge in [0.15, 0.2) is 0 Å². The Bertz CT molecular complexity index is 796. The van der Waals surface area contributed by atoms with Gasteiger partial charge in [-0.25, -0.2) is 8.42 Å². The van der Waals surface area contributed by atoms with Crippen molar-refractivity contribution in [3.8, 4) is 11.8 Å². The molecule has 1 N–H and O–H groups in total. The molecule has 0 spiro atoms. The lowest BCUT2D eigenvalue weighted by Gasteiger charge is -2.11. The summed E-state index contributed by atoms with van der Waals surface area (Å²) in [6, 6.07) is 12.2. The Morgan fingerprint density at radius 2 is 1.86 bits per heavy atom. The van der Waals surface area contributed by atoms with Crippen LogP contribution in [0.3, 0.4) is 0 Å². The Hall–Kier alpha value is -2.23. The maximum atomic E-state index is 12.3. The van der Waals surface area contributed by atoms with Crippen LogP contribution in [0.1, 0.15) is 5.56 Å². The third-order valence-corrected chi connectivity index (χ3v) is 4.42. The molecule has 0 amide bonds. The number of hydrogen-bond acceptors (Lipinski definition) is 4. The molecule has 2 rings (SSSR count). The molecular weight excluding hydrogens is 312 g/mol. The summed E-state index contributed by atoms with van der Waals surface area (Å²) in [5.41, 5.74) is 0.605. The van der Waals surface area contributed by atoms with Crippen LogP contribution in [0.25, 0.3) is 0 Å². The summed E-state index contributed by atoms with van der Waals surface area (Å²) < 4.78 is 31.9. The van der Waals surface area contributed by atoms with Crippen molar-refractivity contribution in [2.24, 2.45) is 0 Å². The van der Waals surface area contributed by atoms with Gasteiger partial charge in [0.05, 0.1) is 34.3 Å². The first kappa shape index (κ1) is 15.2. The van der Waals surface area contributed by atoms with E-state index in [1.165, 1.54) is 43.5 Å². The van der Waals surface area contributed by atoms with Gasteiger partial charge in [-0.2, -0.15) is 5.26 Å². The molecule has 0 saturated heterocycles. The fourth-order valence-electron chi connectivity index (χ4n) is 1.62. The van der Waals surface area contributed by atoms with Gasteiger partial charge in [-0.05, 0) is 36.4 Å². The normalized spacial score (nSPS) is 10.7. The Morgan fingerprint density at radius 1 is 1.19 bits per heavy atom. The van der Waals surface area contributed by atoms with Crippen molar-refractivity contribution in [1.82, 2.24) is 0 Å². The molecular formula is C14H11ClN2O3S. The number of anilines is 1. The molecule has 21 heavy (non-hydrogen) atoms. The number of nitrogens with one attached hydrogen (secondary N) is 1. The number of sulfonamides is 1. The van der Waals surface area contributed by atoms with Crippen LogP contribution in [0, 0.1) is 11.3 Å². The maximum Gasteiger partial charge on any atom is 0.261 e. The third kappa shape index (κ3) is 3.45. The highest BCUT2D eigenvalue weighted by atomic mass is 35.5. The van der Waals surface area contributed by atoms with E-state index in [0.29, 0.717) is 11.3 Å². The molecule has 0 aromatic heterocycles.